The van der Waals surface area contributed by atoms with Gasteiger partial charge in [0.05, 0.1) is 5.92 Å². The van der Waals surface area contributed by atoms with E-state index >= 15 is 0 Å². The Morgan fingerprint density at radius 1 is 1.21 bits per heavy atom. The van der Waals surface area contributed by atoms with Gasteiger partial charge in [0, 0.05) is 49.9 Å². The molecular weight excluding hydrogens is 373 g/mol. The van der Waals surface area contributed by atoms with Crippen LogP contribution in [0.5, 0.6) is 0 Å². The molecule has 4 rings (SSSR count). The molecule has 6 nitrogen and oxygen atoms in total. The minimum absolute atomic E-state index is 0.000312. The molecule has 0 saturated carbocycles. The molecule has 1 fully saturated rings. The van der Waals surface area contributed by atoms with Crippen LogP contribution in [0.25, 0.3) is 0 Å². The highest BCUT2D eigenvalue weighted by atomic mass is 19.1. The van der Waals surface area contributed by atoms with E-state index in [0.29, 0.717) is 12.1 Å². The zero-order valence-corrected chi connectivity index (χ0v) is 16.2. The lowest BCUT2D eigenvalue weighted by atomic mass is 10.1. The molecule has 29 heavy (non-hydrogen) atoms. The number of anilines is 2. The van der Waals surface area contributed by atoms with Gasteiger partial charge in [0.2, 0.25) is 17.7 Å². The Morgan fingerprint density at radius 3 is 2.76 bits per heavy atom. The summed E-state index contributed by atoms with van der Waals surface area (Å²) in [6, 6.07) is 11.9. The standard InChI is InChI=1S/C22H22FN3O3/c1-14(27)25-9-8-15-10-18(6-7-20(15)25)26-13-17(11-21(26)28)22(29)24-12-16-4-2-3-5-19(16)23/h2-7,10,17H,8-9,11-13H2,1H3,(H,24,29). The Balaban J connectivity index is 1.42. The second-order valence-electron chi connectivity index (χ2n) is 7.45. The van der Waals surface area contributed by atoms with Gasteiger partial charge in [-0.2, -0.15) is 0 Å². The fourth-order valence-electron chi connectivity index (χ4n) is 3.98. The van der Waals surface area contributed by atoms with Crippen LogP contribution in [0.15, 0.2) is 42.5 Å². The lowest BCUT2D eigenvalue weighted by Gasteiger charge is -2.19. The molecule has 7 heteroatoms. The summed E-state index contributed by atoms with van der Waals surface area (Å²) < 4.78 is 13.7. The zero-order chi connectivity index (χ0) is 20.5. The lowest BCUT2D eigenvalue weighted by Crippen LogP contribution is -2.32. The van der Waals surface area contributed by atoms with Crippen molar-refractivity contribution in [3.8, 4) is 0 Å². The van der Waals surface area contributed by atoms with Gasteiger partial charge in [0.1, 0.15) is 5.82 Å². The summed E-state index contributed by atoms with van der Waals surface area (Å²) in [6.07, 6.45) is 0.872. The fourth-order valence-corrected chi connectivity index (χ4v) is 3.98. The van der Waals surface area contributed by atoms with Gasteiger partial charge in [-0.1, -0.05) is 18.2 Å². The van der Waals surface area contributed by atoms with Crippen molar-refractivity contribution in [3.05, 3.63) is 59.4 Å². The third-order valence-corrected chi connectivity index (χ3v) is 5.56. The fraction of sp³-hybridized carbons (Fsp3) is 0.318. The summed E-state index contributed by atoms with van der Waals surface area (Å²) >= 11 is 0. The smallest absolute Gasteiger partial charge is 0.227 e. The Kier molecular flexibility index (Phi) is 5.05. The summed E-state index contributed by atoms with van der Waals surface area (Å²) in [5, 5.41) is 2.73. The molecule has 2 aromatic rings. The van der Waals surface area contributed by atoms with Crippen molar-refractivity contribution in [2.45, 2.75) is 26.3 Å². The van der Waals surface area contributed by atoms with E-state index < -0.39 is 5.92 Å². The third-order valence-electron chi connectivity index (χ3n) is 5.56. The van der Waals surface area contributed by atoms with Gasteiger partial charge in [-0.3, -0.25) is 14.4 Å². The molecular formula is C22H22FN3O3. The predicted molar refractivity (Wildman–Crippen MR) is 107 cm³/mol. The quantitative estimate of drug-likeness (QED) is 0.864. The molecule has 2 aliphatic rings. The minimum Gasteiger partial charge on any atom is -0.352 e. The average molecular weight is 395 g/mol. The lowest BCUT2D eigenvalue weighted by molar-refractivity contribution is -0.126. The van der Waals surface area contributed by atoms with Crippen molar-refractivity contribution in [2.75, 3.05) is 22.9 Å². The van der Waals surface area contributed by atoms with Crippen LogP contribution in [-0.4, -0.2) is 30.8 Å². The number of halogens is 1. The maximum atomic E-state index is 13.7. The van der Waals surface area contributed by atoms with E-state index in [1.54, 1.807) is 28.0 Å². The number of benzene rings is 2. The minimum atomic E-state index is -0.476. The molecule has 2 aliphatic heterocycles. The van der Waals surface area contributed by atoms with Gasteiger partial charge in [0.15, 0.2) is 0 Å². The summed E-state index contributed by atoms with van der Waals surface area (Å²) in [5.41, 5.74) is 3.06. The highest BCUT2D eigenvalue weighted by Crippen LogP contribution is 2.34. The molecule has 0 spiro atoms. The summed E-state index contributed by atoms with van der Waals surface area (Å²) in [7, 11) is 0. The molecule has 0 aromatic heterocycles. The Bertz CT molecular complexity index is 991. The third kappa shape index (κ3) is 3.72. The molecule has 2 aromatic carbocycles. The van der Waals surface area contributed by atoms with E-state index in [9.17, 15) is 18.8 Å². The molecule has 3 amide bonds. The normalized spacial score (nSPS) is 18.1. The first-order chi connectivity index (χ1) is 13.9. The highest BCUT2D eigenvalue weighted by Gasteiger charge is 2.35. The molecule has 1 saturated heterocycles. The van der Waals surface area contributed by atoms with E-state index in [4.69, 9.17) is 0 Å². The Morgan fingerprint density at radius 2 is 2.00 bits per heavy atom. The topological polar surface area (TPSA) is 69.7 Å². The van der Waals surface area contributed by atoms with Crippen molar-refractivity contribution >= 4 is 29.1 Å². The average Bonchev–Trinajstić information content (AvgIpc) is 3.30. The van der Waals surface area contributed by atoms with Gasteiger partial charge < -0.3 is 15.1 Å². The van der Waals surface area contributed by atoms with E-state index in [1.807, 2.05) is 18.2 Å². The highest BCUT2D eigenvalue weighted by molar-refractivity contribution is 6.01. The molecule has 0 bridgehead atoms. The summed E-state index contributed by atoms with van der Waals surface area (Å²) in [4.78, 5) is 40.1. The molecule has 1 N–H and O–H groups in total. The molecule has 0 radical (unpaired) electrons. The van der Waals surface area contributed by atoms with Gasteiger partial charge >= 0.3 is 0 Å². The zero-order valence-electron chi connectivity index (χ0n) is 16.2. The maximum absolute atomic E-state index is 13.7. The number of nitrogens with zero attached hydrogens (tertiary/aromatic N) is 2. The first-order valence-electron chi connectivity index (χ1n) is 9.66. The summed E-state index contributed by atoms with van der Waals surface area (Å²) in [5.74, 6) is -1.21. The van der Waals surface area contributed by atoms with Gasteiger partial charge in [-0.05, 0) is 36.2 Å². The Labute approximate surface area is 168 Å². The first kappa shape index (κ1) is 19.1. The number of carbonyl (C=O) groups is 3. The summed E-state index contributed by atoms with van der Waals surface area (Å²) in [6.45, 7) is 2.56. The monoisotopic (exact) mass is 395 g/mol. The van der Waals surface area contributed by atoms with Crippen molar-refractivity contribution in [2.24, 2.45) is 5.92 Å². The van der Waals surface area contributed by atoms with Crippen LogP contribution < -0.4 is 15.1 Å². The number of rotatable bonds is 4. The van der Waals surface area contributed by atoms with Crippen molar-refractivity contribution < 1.29 is 18.8 Å². The van der Waals surface area contributed by atoms with Crippen LogP contribution in [-0.2, 0) is 27.3 Å². The van der Waals surface area contributed by atoms with Crippen LogP contribution in [0.4, 0.5) is 15.8 Å². The van der Waals surface area contributed by atoms with Crippen LogP contribution in [0, 0.1) is 11.7 Å². The molecule has 150 valence electrons. The van der Waals surface area contributed by atoms with Crippen molar-refractivity contribution in [1.29, 1.82) is 0 Å². The number of hydrogen-bond donors (Lipinski definition) is 1. The SMILES string of the molecule is CC(=O)N1CCc2cc(N3CC(C(=O)NCc4ccccc4F)CC3=O)ccc21. The predicted octanol–water partition coefficient (Wildman–Crippen LogP) is 2.40. The molecule has 0 aliphatic carbocycles. The van der Waals surface area contributed by atoms with E-state index in [1.165, 1.54) is 13.0 Å². The van der Waals surface area contributed by atoms with Crippen molar-refractivity contribution in [1.82, 2.24) is 5.32 Å². The maximum Gasteiger partial charge on any atom is 0.227 e. The second-order valence-corrected chi connectivity index (χ2v) is 7.45. The largest absolute Gasteiger partial charge is 0.352 e. The number of hydrogen-bond acceptors (Lipinski definition) is 3. The number of fused-ring (bicyclic) bond motifs is 1. The van der Waals surface area contributed by atoms with Crippen LogP contribution in [0.1, 0.15) is 24.5 Å². The Hall–Kier alpha value is -3.22. The van der Waals surface area contributed by atoms with Gasteiger partial charge in [-0.15, -0.1) is 0 Å². The number of amides is 3. The van der Waals surface area contributed by atoms with Gasteiger partial charge in [0.25, 0.3) is 0 Å². The van der Waals surface area contributed by atoms with E-state index in [2.05, 4.69) is 5.32 Å². The van der Waals surface area contributed by atoms with E-state index in [0.717, 1.165) is 23.4 Å². The number of nitrogens with one attached hydrogen (secondary N) is 1. The number of carbonyl (C=O) groups excluding carboxylic acids is 3. The van der Waals surface area contributed by atoms with Gasteiger partial charge in [-0.25, -0.2) is 4.39 Å². The molecule has 2 heterocycles. The van der Waals surface area contributed by atoms with Crippen LogP contribution in [0.2, 0.25) is 0 Å². The van der Waals surface area contributed by atoms with Crippen molar-refractivity contribution in [3.63, 3.8) is 0 Å². The van der Waals surface area contributed by atoms with Crippen LogP contribution >= 0.6 is 0 Å². The molecule has 1 unspecified atom stereocenters. The second kappa shape index (κ2) is 7.66. The molecule has 1 atom stereocenters. The first-order valence-corrected chi connectivity index (χ1v) is 9.66. The van der Waals surface area contributed by atoms with Crippen LogP contribution in [0.3, 0.4) is 0 Å². The van der Waals surface area contributed by atoms with E-state index in [-0.39, 0.29) is 43.0 Å².